The Labute approximate surface area is 702 Å². The fourth-order valence-electron chi connectivity index (χ4n) is 20.0. The highest BCUT2D eigenvalue weighted by Gasteiger charge is 2.57. The summed E-state index contributed by atoms with van der Waals surface area (Å²) in [5, 5.41) is 22.5. The topological polar surface area (TPSA) is 335 Å². The first-order valence-corrected chi connectivity index (χ1v) is 49.7. The van der Waals surface area contributed by atoms with Crippen molar-refractivity contribution >= 4 is 119 Å². The number of fused-ring (bicyclic) bond motifs is 8. The fourth-order valence-corrected chi connectivity index (χ4v) is 26.5. The summed E-state index contributed by atoms with van der Waals surface area (Å²) in [6, 6.07) is 39.4. The van der Waals surface area contributed by atoms with Crippen molar-refractivity contribution in [1.29, 1.82) is 0 Å². The number of benzene rings is 6. The lowest BCUT2D eigenvalue weighted by Crippen LogP contribution is -2.54. The van der Waals surface area contributed by atoms with Gasteiger partial charge in [-0.05, 0) is 182 Å². The maximum atomic E-state index is 14.4. The van der Waals surface area contributed by atoms with Crippen LogP contribution in [-0.4, -0.2) is 198 Å². The van der Waals surface area contributed by atoms with E-state index in [4.69, 9.17) is 71.9 Å². The minimum Gasteiger partial charge on any atom is -0.480 e. The second kappa shape index (κ2) is 34.1. The quantitative estimate of drug-likeness (QED) is 0.0310. The number of halogens is 2. The Morgan fingerprint density at radius 3 is 1.39 bits per heavy atom. The average molecular weight is 1690 g/mol. The SMILES string of the molecule is COC(=O)N[C@H](C(=O)N1C[Si](C)(C)C[C@H]1c1nc2c(ccc3cc(-c4ccc(-c5nc([C@@H]6C[C@H]7C[C@H]7N6C(=O)[C@@H](NC(=O)OC)C6CCOCC6)[nH]c5Cl)cc4)ccc32)[nH]1)C1CCOCC1.COC(=O)N[C@H](C(=O)O)C1CCOCC1.C[Si]1(C)CC[C@H](c2nc3c(ccc4cc(-c5ccc(-c6nc(C7C[C@@H]8C[C@@H]8C7)[nH]c6Cl)cc5)ccc43)[nH]2)C1. The highest BCUT2D eigenvalue weighted by Crippen LogP contribution is 2.58. The van der Waals surface area contributed by atoms with Crippen LogP contribution in [0.25, 0.3) is 88.4 Å². The Balaban J connectivity index is 0.000000159. The number of carboxylic acid groups (broad SMARTS) is 1. The normalized spacial score (nSPS) is 24.0. The molecule has 6 aromatic carbocycles. The van der Waals surface area contributed by atoms with Crippen LogP contribution in [0, 0.1) is 35.5 Å². The summed E-state index contributed by atoms with van der Waals surface area (Å²) in [5.74, 6) is 5.61. The van der Waals surface area contributed by atoms with E-state index in [0.29, 0.717) is 124 Å². The molecule has 119 heavy (non-hydrogen) atoms. The lowest BCUT2D eigenvalue weighted by molar-refractivity contribution is -0.142. The molecule has 5 amide bonds. The molecule has 8 N–H and O–H groups in total. The van der Waals surface area contributed by atoms with E-state index in [1.807, 2.05) is 21.9 Å². The van der Waals surface area contributed by atoms with Crippen molar-refractivity contribution in [2.75, 3.05) is 67.1 Å². The second-order valence-electron chi connectivity index (χ2n) is 35.7. The molecule has 3 aliphatic carbocycles. The molecule has 3 saturated carbocycles. The highest BCUT2D eigenvalue weighted by atomic mass is 35.5. The molecule has 0 radical (unpaired) electrons. The molecule has 10 heterocycles. The van der Waals surface area contributed by atoms with Gasteiger partial charge in [-0.1, -0.05) is 140 Å². The number of rotatable bonds is 17. The van der Waals surface area contributed by atoms with Gasteiger partial charge in [-0.15, -0.1) is 0 Å². The molecule has 9 aliphatic rings. The Bertz CT molecular complexity index is 5450. The summed E-state index contributed by atoms with van der Waals surface area (Å²) in [6.45, 7) is 12.9. The molecule has 4 aromatic heterocycles. The van der Waals surface area contributed by atoms with Crippen LogP contribution in [-0.2, 0) is 42.8 Å². The summed E-state index contributed by atoms with van der Waals surface area (Å²) >= 11 is 13.5. The number of methoxy groups -OCH3 is 3. The van der Waals surface area contributed by atoms with Gasteiger partial charge in [0.15, 0.2) is 0 Å². The van der Waals surface area contributed by atoms with Gasteiger partial charge in [0, 0.05) is 93.7 Å². The number of H-pyrrole nitrogens is 4. The van der Waals surface area contributed by atoms with E-state index in [1.54, 1.807) is 0 Å². The van der Waals surface area contributed by atoms with Crippen molar-refractivity contribution in [2.24, 2.45) is 35.5 Å². The summed E-state index contributed by atoms with van der Waals surface area (Å²) in [6.07, 6.45) is 9.66. The van der Waals surface area contributed by atoms with E-state index in [0.717, 1.165) is 103 Å². The smallest absolute Gasteiger partial charge is 0.407 e. The molecule has 6 saturated heterocycles. The second-order valence-corrected chi connectivity index (χ2v) is 46.8. The third-order valence-electron chi connectivity index (χ3n) is 26.7. The maximum absolute atomic E-state index is 14.4. The van der Waals surface area contributed by atoms with Crippen molar-refractivity contribution in [2.45, 2.75) is 169 Å². The van der Waals surface area contributed by atoms with E-state index >= 15 is 0 Å². The molecular weight excluding hydrogens is 1590 g/mol. The van der Waals surface area contributed by atoms with Gasteiger partial charge in [-0.25, -0.2) is 39.1 Å². The number of hydrogen-bond acceptors (Lipinski definition) is 16. The van der Waals surface area contributed by atoms with Gasteiger partial charge < -0.3 is 79.2 Å². The van der Waals surface area contributed by atoms with E-state index in [1.165, 1.54) is 86.8 Å². The molecular formula is C89H105Cl2N13O13Si2. The third kappa shape index (κ3) is 17.4. The zero-order valence-electron chi connectivity index (χ0n) is 68.3. The Morgan fingerprint density at radius 1 is 0.462 bits per heavy atom. The van der Waals surface area contributed by atoms with Crippen LogP contribution in [0.2, 0.25) is 54.6 Å². The number of aromatic nitrogens is 8. The molecule has 30 heteroatoms. The summed E-state index contributed by atoms with van der Waals surface area (Å²) in [4.78, 5) is 114. The summed E-state index contributed by atoms with van der Waals surface area (Å²) < 4.78 is 30.5. The van der Waals surface area contributed by atoms with Crippen molar-refractivity contribution < 1.29 is 62.3 Å². The van der Waals surface area contributed by atoms with Crippen LogP contribution in [0.5, 0.6) is 0 Å². The number of imidazole rings is 4. The van der Waals surface area contributed by atoms with Crippen LogP contribution in [0.15, 0.2) is 109 Å². The number of nitrogens with zero attached hydrogens (tertiary/aromatic N) is 6. The fraction of sp³-hybridized carbons (Fsp3) is 0.483. The molecule has 0 bridgehead atoms. The largest absolute Gasteiger partial charge is 0.480 e. The molecule has 0 spiro atoms. The zero-order chi connectivity index (χ0) is 82.7. The zero-order valence-corrected chi connectivity index (χ0v) is 71.8. The van der Waals surface area contributed by atoms with Crippen LogP contribution in [0.3, 0.4) is 0 Å². The number of carbonyl (C=O) groups is 6. The number of aliphatic carboxylic acids is 1. The number of carbonyl (C=O) groups excluding carboxylic acids is 5. The van der Waals surface area contributed by atoms with Crippen LogP contribution >= 0.6 is 23.2 Å². The molecule has 1 unspecified atom stereocenters. The molecule has 6 aliphatic heterocycles. The standard InChI is InChI=1S/C48H57ClN8O8Si.C32H33ClN4Si.C9H15NO5/c1-62-47(60)53-39(28-13-17-64-18-14-28)45(58)56-25-66(3,4)24-37(56)44-50-34-12-10-31-21-30(9-11-33(31)41(34)52-44)26-5-7-27(8-6-26)38-42(49)55-43(51-38)36-23-32-22-35(32)57(36)46(59)40(54-48(61)63-2)29-15-19-65-20-16-29;1-38(2)12-11-22(17-38)31-34-27-10-8-21-13-20(7-9-26(21)29(27)36-31)18-3-5-19(6-4-18)28-30(33)37-32(35-28)25-15-23-14-24(23)16-25;1-14-9(13)10-7(8(11)12)6-2-4-15-5-3-6/h5-12,21,28-29,32,35-37,39-40H,13-20,22-25H2,1-4H3,(H,50,52)(H,51,55)(H,53,60)(H,54,61);3-10,13,22-25H,11-12,14-17H2,1-2H3,(H,34,36)(H,35,37);6-7H,2-5H2,1H3,(H,10,13)(H,11,12)/t32-,35-,36+,37+,39+,40+;22-,23-,24+,25?;7-/m100/s1. The minimum atomic E-state index is -1.83. The number of nitrogens with one attached hydrogen (secondary N) is 7. The first-order valence-electron chi connectivity index (χ1n) is 42.1. The van der Waals surface area contributed by atoms with Gasteiger partial charge >= 0.3 is 24.2 Å². The van der Waals surface area contributed by atoms with Crippen molar-refractivity contribution in [3.63, 3.8) is 0 Å². The van der Waals surface area contributed by atoms with Gasteiger partial charge in [0.25, 0.3) is 0 Å². The van der Waals surface area contributed by atoms with Crippen molar-refractivity contribution in [3.8, 4) is 44.8 Å². The number of piperidine rings is 1. The number of carboxylic acids is 1. The third-order valence-corrected chi connectivity index (χ3v) is 33.2. The van der Waals surface area contributed by atoms with Gasteiger partial charge in [0.2, 0.25) is 11.8 Å². The van der Waals surface area contributed by atoms with E-state index < -0.39 is 58.5 Å². The maximum Gasteiger partial charge on any atom is 0.407 e. The Morgan fingerprint density at radius 2 is 0.899 bits per heavy atom. The molecule has 26 nitrogen and oxygen atoms in total. The van der Waals surface area contributed by atoms with Gasteiger partial charge in [0.05, 0.1) is 63.6 Å². The monoisotopic (exact) mass is 1690 g/mol. The van der Waals surface area contributed by atoms with Crippen LogP contribution in [0.1, 0.15) is 124 Å². The van der Waals surface area contributed by atoms with E-state index in [2.05, 4.69) is 164 Å². The highest BCUT2D eigenvalue weighted by molar-refractivity contribution is 6.78. The lowest BCUT2D eigenvalue weighted by atomic mass is 9.90. The molecule has 9 fully saturated rings. The summed E-state index contributed by atoms with van der Waals surface area (Å²) in [7, 11) is 0.962. The van der Waals surface area contributed by atoms with Gasteiger partial charge in [-0.2, -0.15) is 0 Å². The first kappa shape index (κ1) is 81.7. The van der Waals surface area contributed by atoms with Crippen LogP contribution < -0.4 is 16.0 Å². The lowest BCUT2D eigenvalue weighted by Gasteiger charge is -2.35. The number of amides is 5. The molecule has 626 valence electrons. The molecule has 10 aromatic rings. The predicted octanol–water partition coefficient (Wildman–Crippen LogP) is 16.9. The number of aromatic amines is 4. The number of alkyl carbamates (subject to hydrolysis) is 3. The number of ether oxygens (including phenoxy) is 6. The van der Waals surface area contributed by atoms with E-state index in [-0.39, 0.29) is 47.7 Å². The van der Waals surface area contributed by atoms with Gasteiger partial charge in [0.1, 0.15) is 63.1 Å². The minimum absolute atomic E-state index is 0.0461. The van der Waals surface area contributed by atoms with E-state index in [9.17, 15) is 28.8 Å². The average Bonchev–Trinajstić information content (AvgIpc) is 1.57. The van der Waals surface area contributed by atoms with Crippen molar-refractivity contribution in [3.05, 3.63) is 143 Å². The van der Waals surface area contributed by atoms with Crippen LogP contribution in [0.4, 0.5) is 14.4 Å². The predicted molar refractivity (Wildman–Crippen MR) is 460 cm³/mol. The first-order chi connectivity index (χ1) is 57.4. The number of likely N-dealkylation sites (tertiary alicyclic amines) is 1. The molecule has 11 atom stereocenters. The Hall–Kier alpha value is -9.69. The molecule has 19 rings (SSSR count). The Kier molecular flexibility index (Phi) is 23.4. The van der Waals surface area contributed by atoms with Gasteiger partial charge in [-0.3, -0.25) is 9.59 Å². The number of hydrogen-bond donors (Lipinski definition) is 8. The summed E-state index contributed by atoms with van der Waals surface area (Å²) in [5.41, 5.74) is 11.9. The van der Waals surface area contributed by atoms with Crippen molar-refractivity contribution in [1.82, 2.24) is 65.6 Å².